The smallest absolute Gasteiger partial charge is 0.333 e. The van der Waals surface area contributed by atoms with Crippen LogP contribution in [0.15, 0.2) is 45.9 Å². The van der Waals surface area contributed by atoms with E-state index < -0.39 is 27.9 Å². The number of amides is 1. The molecule has 1 fully saturated rings. The summed E-state index contributed by atoms with van der Waals surface area (Å²) in [6.07, 6.45) is 4.09. The molecule has 30 heavy (non-hydrogen) atoms. The molecular weight excluding hydrogens is 474 g/mol. The molecular formula is C20H24BrN3O5S. The van der Waals surface area contributed by atoms with Gasteiger partial charge < -0.3 is 14.6 Å². The zero-order chi connectivity index (χ0) is 21.9. The third kappa shape index (κ3) is 4.76. The number of hydrogen-bond acceptors (Lipinski definition) is 5. The SMILES string of the molecule is COC(=O)C(NC(=O)c1cc(S(=O)(=O)N2CCCCC2)cn1C)c1ccc(Br)cc1. The third-order valence-electron chi connectivity index (χ3n) is 5.08. The van der Waals surface area contributed by atoms with Crippen molar-refractivity contribution in [2.45, 2.75) is 30.2 Å². The van der Waals surface area contributed by atoms with E-state index in [1.807, 2.05) is 0 Å². The van der Waals surface area contributed by atoms with Gasteiger partial charge in [-0.15, -0.1) is 0 Å². The monoisotopic (exact) mass is 497 g/mol. The van der Waals surface area contributed by atoms with Crippen LogP contribution in [0.25, 0.3) is 0 Å². The molecule has 0 aliphatic carbocycles. The molecule has 10 heteroatoms. The van der Waals surface area contributed by atoms with Gasteiger partial charge >= 0.3 is 5.97 Å². The molecule has 0 bridgehead atoms. The van der Waals surface area contributed by atoms with Crippen LogP contribution >= 0.6 is 15.9 Å². The lowest BCUT2D eigenvalue weighted by atomic mass is 10.1. The minimum atomic E-state index is -3.67. The van der Waals surface area contributed by atoms with Crippen LogP contribution < -0.4 is 5.32 Å². The van der Waals surface area contributed by atoms with Crippen LogP contribution in [0.1, 0.15) is 41.4 Å². The van der Waals surface area contributed by atoms with Crippen LogP contribution in [0.2, 0.25) is 0 Å². The van der Waals surface area contributed by atoms with E-state index in [0.717, 1.165) is 23.7 Å². The highest BCUT2D eigenvalue weighted by molar-refractivity contribution is 9.10. The van der Waals surface area contributed by atoms with Crippen molar-refractivity contribution in [2.24, 2.45) is 7.05 Å². The molecule has 3 rings (SSSR count). The quantitative estimate of drug-likeness (QED) is 0.618. The number of hydrogen-bond donors (Lipinski definition) is 1. The topological polar surface area (TPSA) is 97.7 Å². The summed E-state index contributed by atoms with van der Waals surface area (Å²) >= 11 is 3.33. The summed E-state index contributed by atoms with van der Waals surface area (Å²) in [7, 11) is -0.832. The van der Waals surface area contributed by atoms with Gasteiger partial charge in [0.15, 0.2) is 6.04 Å². The molecule has 1 unspecified atom stereocenters. The Labute approximate surface area is 184 Å². The molecule has 1 aromatic heterocycles. The number of halogens is 1. The second kappa shape index (κ2) is 9.32. The van der Waals surface area contributed by atoms with Gasteiger partial charge in [0.2, 0.25) is 10.0 Å². The lowest BCUT2D eigenvalue weighted by molar-refractivity contribution is -0.143. The average molecular weight is 498 g/mol. The number of nitrogens with one attached hydrogen (secondary N) is 1. The number of methoxy groups -OCH3 is 1. The third-order valence-corrected chi connectivity index (χ3v) is 7.47. The van der Waals surface area contributed by atoms with E-state index in [2.05, 4.69) is 21.2 Å². The first-order chi connectivity index (χ1) is 14.2. The van der Waals surface area contributed by atoms with Crippen molar-refractivity contribution < 1.29 is 22.7 Å². The molecule has 2 heterocycles. The van der Waals surface area contributed by atoms with Crippen molar-refractivity contribution in [1.82, 2.24) is 14.2 Å². The van der Waals surface area contributed by atoms with E-state index in [9.17, 15) is 18.0 Å². The maximum absolute atomic E-state index is 12.9. The molecule has 2 aromatic rings. The molecule has 1 atom stereocenters. The Hall–Kier alpha value is -2.17. The van der Waals surface area contributed by atoms with Gasteiger partial charge in [-0.25, -0.2) is 13.2 Å². The predicted octanol–water partition coefficient (Wildman–Crippen LogP) is 2.61. The van der Waals surface area contributed by atoms with E-state index in [4.69, 9.17) is 4.74 Å². The van der Waals surface area contributed by atoms with Crippen molar-refractivity contribution >= 4 is 37.8 Å². The van der Waals surface area contributed by atoms with Gasteiger partial charge in [0.25, 0.3) is 5.91 Å². The fourth-order valence-electron chi connectivity index (χ4n) is 3.41. The number of benzene rings is 1. The van der Waals surface area contributed by atoms with Crippen LogP contribution in [0.3, 0.4) is 0 Å². The first kappa shape index (κ1) is 22.5. The molecule has 1 amide bonds. The highest BCUT2D eigenvalue weighted by atomic mass is 79.9. The zero-order valence-electron chi connectivity index (χ0n) is 16.8. The largest absolute Gasteiger partial charge is 0.467 e. The minimum absolute atomic E-state index is 0.0651. The van der Waals surface area contributed by atoms with Crippen LogP contribution in [0, 0.1) is 0 Å². The lowest BCUT2D eigenvalue weighted by Crippen LogP contribution is -2.35. The number of rotatable bonds is 6. The highest BCUT2D eigenvalue weighted by Gasteiger charge is 2.30. The van der Waals surface area contributed by atoms with Crippen molar-refractivity contribution in [1.29, 1.82) is 0 Å². The Kier molecular flexibility index (Phi) is 6.99. The standard InChI is InChI=1S/C20H24BrN3O5S/c1-23-13-16(30(27,28)24-10-4-3-5-11-24)12-17(23)19(25)22-18(20(26)29-2)14-6-8-15(21)9-7-14/h6-9,12-13,18H,3-5,10-11H2,1-2H3,(H,22,25). The van der Waals surface area contributed by atoms with Crippen LogP contribution in [0.5, 0.6) is 0 Å². The van der Waals surface area contributed by atoms with Gasteiger partial charge in [-0.1, -0.05) is 34.5 Å². The number of esters is 1. The summed E-state index contributed by atoms with van der Waals surface area (Å²) in [5.74, 6) is -1.20. The maximum atomic E-state index is 12.9. The van der Waals surface area contributed by atoms with Crippen molar-refractivity contribution in [3.63, 3.8) is 0 Å². The molecule has 1 N–H and O–H groups in total. The Bertz CT molecular complexity index is 1030. The number of piperidine rings is 1. The lowest BCUT2D eigenvalue weighted by Gasteiger charge is -2.25. The van der Waals surface area contributed by atoms with Gasteiger partial charge in [-0.05, 0) is 36.6 Å². The van der Waals surface area contributed by atoms with Gasteiger partial charge in [0.05, 0.1) is 7.11 Å². The van der Waals surface area contributed by atoms with Crippen LogP contribution in [-0.2, 0) is 26.6 Å². The highest BCUT2D eigenvalue weighted by Crippen LogP contribution is 2.23. The molecule has 0 saturated carbocycles. The number of nitrogens with zero attached hydrogens (tertiary/aromatic N) is 2. The van der Waals surface area contributed by atoms with E-state index in [1.165, 1.54) is 28.2 Å². The fourth-order valence-corrected chi connectivity index (χ4v) is 5.27. The zero-order valence-corrected chi connectivity index (χ0v) is 19.2. The van der Waals surface area contributed by atoms with Gasteiger partial charge in [-0.2, -0.15) is 4.31 Å². The van der Waals surface area contributed by atoms with Crippen molar-refractivity contribution in [3.8, 4) is 0 Å². The van der Waals surface area contributed by atoms with Crippen molar-refractivity contribution in [3.05, 3.63) is 52.3 Å². The van der Waals surface area contributed by atoms with E-state index >= 15 is 0 Å². The Morgan fingerprint density at radius 3 is 2.37 bits per heavy atom. The summed E-state index contributed by atoms with van der Waals surface area (Å²) in [6.45, 7) is 0.958. The number of ether oxygens (including phenoxy) is 1. The number of carbonyl (C=O) groups excluding carboxylic acids is 2. The number of aromatic nitrogens is 1. The Balaban J connectivity index is 1.85. The predicted molar refractivity (Wildman–Crippen MR) is 114 cm³/mol. The molecule has 0 spiro atoms. The van der Waals surface area contributed by atoms with Gasteiger partial charge in [0.1, 0.15) is 10.6 Å². The number of carbonyl (C=O) groups is 2. The molecule has 8 nitrogen and oxygen atoms in total. The summed E-state index contributed by atoms with van der Waals surface area (Å²) in [5.41, 5.74) is 0.686. The summed E-state index contributed by atoms with van der Waals surface area (Å²) < 4.78 is 34.4. The maximum Gasteiger partial charge on any atom is 0.333 e. The molecule has 162 valence electrons. The van der Waals surface area contributed by atoms with Crippen LogP contribution in [0.4, 0.5) is 0 Å². The van der Waals surface area contributed by atoms with E-state index in [1.54, 1.807) is 31.3 Å². The van der Waals surface area contributed by atoms with Crippen molar-refractivity contribution in [2.75, 3.05) is 20.2 Å². The molecule has 1 aliphatic rings. The average Bonchev–Trinajstić information content (AvgIpc) is 3.15. The normalized spacial score (nSPS) is 16.1. The van der Waals surface area contributed by atoms with E-state index in [0.29, 0.717) is 18.7 Å². The van der Waals surface area contributed by atoms with Gasteiger partial charge in [-0.3, -0.25) is 4.79 Å². The molecule has 0 radical (unpaired) electrons. The van der Waals surface area contributed by atoms with Crippen LogP contribution in [-0.4, -0.2) is 49.4 Å². The second-order valence-corrected chi connectivity index (χ2v) is 9.97. The van der Waals surface area contributed by atoms with Gasteiger partial charge in [0, 0.05) is 30.8 Å². The molecule has 1 saturated heterocycles. The number of sulfonamides is 1. The number of aryl methyl sites for hydroxylation is 1. The Morgan fingerprint density at radius 1 is 1.13 bits per heavy atom. The van der Waals surface area contributed by atoms with E-state index in [-0.39, 0.29) is 10.6 Å². The first-order valence-corrected chi connectivity index (χ1v) is 11.8. The summed E-state index contributed by atoms with van der Waals surface area (Å²) in [6, 6.07) is 7.22. The first-order valence-electron chi connectivity index (χ1n) is 9.54. The Morgan fingerprint density at radius 2 is 1.77 bits per heavy atom. The molecule has 1 aromatic carbocycles. The molecule has 1 aliphatic heterocycles. The minimum Gasteiger partial charge on any atom is -0.467 e. The summed E-state index contributed by atoms with van der Waals surface area (Å²) in [4.78, 5) is 25.2. The fraction of sp³-hybridized carbons (Fsp3) is 0.400. The summed E-state index contributed by atoms with van der Waals surface area (Å²) in [5, 5.41) is 2.65. The second-order valence-electron chi connectivity index (χ2n) is 7.12.